The number of benzene rings is 1. The number of nitrogens with one attached hydrogen (secondary N) is 1. The normalized spacial score (nSPS) is 15.8. The topological polar surface area (TPSA) is 21.3 Å². The average molecular weight is 219 g/mol. The Morgan fingerprint density at radius 3 is 2.81 bits per heavy atom. The quantitative estimate of drug-likeness (QED) is 0.794. The van der Waals surface area contributed by atoms with Crippen LogP contribution in [0.4, 0.5) is 5.69 Å². The molecule has 1 aromatic carbocycles. The fourth-order valence-corrected chi connectivity index (χ4v) is 2.07. The summed E-state index contributed by atoms with van der Waals surface area (Å²) in [7, 11) is 1.75. The number of ether oxygens (including phenoxy) is 1. The molecule has 0 atom stereocenters. The van der Waals surface area contributed by atoms with E-state index in [-0.39, 0.29) is 0 Å². The zero-order valence-electron chi connectivity index (χ0n) is 10.0. The fourth-order valence-electron chi connectivity index (χ4n) is 2.07. The van der Waals surface area contributed by atoms with Gasteiger partial charge in [-0.2, -0.15) is 0 Å². The van der Waals surface area contributed by atoms with Crippen LogP contribution in [0.1, 0.15) is 24.8 Å². The highest BCUT2D eigenvalue weighted by molar-refractivity contribution is 5.51. The van der Waals surface area contributed by atoms with Crippen molar-refractivity contribution in [1.82, 2.24) is 0 Å². The van der Waals surface area contributed by atoms with Crippen LogP contribution in [0.2, 0.25) is 0 Å². The molecule has 2 rings (SSSR count). The Bertz CT molecular complexity index is 320. The molecule has 0 radical (unpaired) electrons. The number of rotatable bonds is 6. The number of anilines is 1. The molecule has 1 fully saturated rings. The number of para-hydroxylation sites is 1. The van der Waals surface area contributed by atoms with E-state index in [1.807, 2.05) is 0 Å². The standard InChI is InChI=1S/C14H21NO/c1-16-10-9-13-7-2-3-8-14(13)15-11-12-5-4-6-12/h2-3,7-8,12,15H,4-6,9-11H2,1H3. The zero-order chi connectivity index (χ0) is 11.2. The van der Waals surface area contributed by atoms with Gasteiger partial charge in [-0.25, -0.2) is 0 Å². The first-order valence-corrected chi connectivity index (χ1v) is 6.21. The van der Waals surface area contributed by atoms with Gasteiger partial charge in [-0.05, 0) is 36.8 Å². The van der Waals surface area contributed by atoms with E-state index < -0.39 is 0 Å². The van der Waals surface area contributed by atoms with Crippen molar-refractivity contribution in [3.63, 3.8) is 0 Å². The summed E-state index contributed by atoms with van der Waals surface area (Å²) in [6.07, 6.45) is 5.20. The molecular weight excluding hydrogens is 198 g/mol. The molecule has 1 aromatic rings. The second kappa shape index (κ2) is 5.90. The maximum atomic E-state index is 5.13. The lowest BCUT2D eigenvalue weighted by molar-refractivity contribution is 0.202. The van der Waals surface area contributed by atoms with Crippen molar-refractivity contribution < 1.29 is 4.74 Å². The fraction of sp³-hybridized carbons (Fsp3) is 0.571. The molecule has 0 aliphatic heterocycles. The summed E-state index contributed by atoms with van der Waals surface area (Å²) in [5.41, 5.74) is 2.65. The molecule has 0 spiro atoms. The minimum atomic E-state index is 0.794. The first-order valence-electron chi connectivity index (χ1n) is 6.21. The Labute approximate surface area is 98.0 Å². The third-order valence-corrected chi connectivity index (χ3v) is 3.40. The van der Waals surface area contributed by atoms with Crippen molar-refractivity contribution in [3.8, 4) is 0 Å². The summed E-state index contributed by atoms with van der Waals surface area (Å²) in [4.78, 5) is 0. The SMILES string of the molecule is COCCc1ccccc1NCC1CCC1. The Balaban J connectivity index is 1.89. The minimum Gasteiger partial charge on any atom is -0.385 e. The molecule has 88 valence electrons. The van der Waals surface area contributed by atoms with Gasteiger partial charge in [-0.1, -0.05) is 24.6 Å². The highest BCUT2D eigenvalue weighted by atomic mass is 16.5. The van der Waals surface area contributed by atoms with Crippen LogP contribution in [0.25, 0.3) is 0 Å². The van der Waals surface area contributed by atoms with Crippen LogP contribution < -0.4 is 5.32 Å². The van der Waals surface area contributed by atoms with Crippen LogP contribution in [0.15, 0.2) is 24.3 Å². The molecule has 1 aliphatic carbocycles. The smallest absolute Gasteiger partial charge is 0.0503 e. The summed E-state index contributed by atoms with van der Waals surface area (Å²) >= 11 is 0. The molecule has 1 N–H and O–H groups in total. The van der Waals surface area contributed by atoms with Crippen LogP contribution in [0.3, 0.4) is 0 Å². The summed E-state index contributed by atoms with van der Waals surface area (Å²) in [5.74, 6) is 0.899. The van der Waals surface area contributed by atoms with Gasteiger partial charge in [0.2, 0.25) is 0 Å². The van der Waals surface area contributed by atoms with Gasteiger partial charge in [0.05, 0.1) is 6.61 Å². The molecule has 0 amide bonds. The molecule has 2 heteroatoms. The largest absolute Gasteiger partial charge is 0.385 e. The first kappa shape index (κ1) is 11.5. The lowest BCUT2D eigenvalue weighted by Crippen LogP contribution is -2.21. The van der Waals surface area contributed by atoms with E-state index in [0.29, 0.717) is 0 Å². The maximum Gasteiger partial charge on any atom is 0.0503 e. The summed E-state index contributed by atoms with van der Waals surface area (Å²) < 4.78 is 5.13. The van der Waals surface area contributed by atoms with Crippen molar-refractivity contribution in [1.29, 1.82) is 0 Å². The lowest BCUT2D eigenvalue weighted by atomic mass is 9.85. The van der Waals surface area contributed by atoms with Gasteiger partial charge in [0.25, 0.3) is 0 Å². The highest BCUT2D eigenvalue weighted by Crippen LogP contribution is 2.27. The monoisotopic (exact) mass is 219 g/mol. The van der Waals surface area contributed by atoms with Gasteiger partial charge in [0.1, 0.15) is 0 Å². The van der Waals surface area contributed by atoms with E-state index >= 15 is 0 Å². The summed E-state index contributed by atoms with van der Waals surface area (Å²) in [5, 5.41) is 3.57. The molecule has 0 saturated heterocycles. The van der Waals surface area contributed by atoms with Crippen molar-refractivity contribution in [2.45, 2.75) is 25.7 Å². The van der Waals surface area contributed by atoms with Crippen molar-refractivity contribution in [2.75, 3.05) is 25.6 Å². The van der Waals surface area contributed by atoms with E-state index in [1.165, 1.54) is 30.5 Å². The van der Waals surface area contributed by atoms with Gasteiger partial charge in [-0.3, -0.25) is 0 Å². The van der Waals surface area contributed by atoms with Crippen LogP contribution in [-0.4, -0.2) is 20.3 Å². The van der Waals surface area contributed by atoms with E-state index in [0.717, 1.165) is 25.5 Å². The van der Waals surface area contributed by atoms with E-state index in [4.69, 9.17) is 4.74 Å². The molecule has 0 bridgehead atoms. The molecule has 0 heterocycles. The second-order valence-electron chi connectivity index (χ2n) is 4.58. The highest BCUT2D eigenvalue weighted by Gasteiger charge is 2.16. The number of hydrogen-bond acceptors (Lipinski definition) is 2. The van der Waals surface area contributed by atoms with Crippen LogP contribution in [-0.2, 0) is 11.2 Å². The third kappa shape index (κ3) is 2.99. The Morgan fingerprint density at radius 2 is 2.12 bits per heavy atom. The Hall–Kier alpha value is -1.02. The van der Waals surface area contributed by atoms with Crippen molar-refractivity contribution in [3.05, 3.63) is 29.8 Å². The predicted octanol–water partition coefficient (Wildman–Crippen LogP) is 3.09. The number of hydrogen-bond donors (Lipinski definition) is 1. The van der Waals surface area contributed by atoms with Gasteiger partial charge in [-0.15, -0.1) is 0 Å². The van der Waals surface area contributed by atoms with Crippen LogP contribution >= 0.6 is 0 Å². The van der Waals surface area contributed by atoms with Crippen molar-refractivity contribution >= 4 is 5.69 Å². The summed E-state index contributed by atoms with van der Waals surface area (Å²) in [6, 6.07) is 8.55. The number of methoxy groups -OCH3 is 1. The molecule has 2 nitrogen and oxygen atoms in total. The molecular formula is C14H21NO. The molecule has 16 heavy (non-hydrogen) atoms. The maximum absolute atomic E-state index is 5.13. The van der Waals surface area contributed by atoms with Gasteiger partial charge in [0, 0.05) is 19.3 Å². The molecule has 1 saturated carbocycles. The first-order chi connectivity index (χ1) is 7.90. The Morgan fingerprint density at radius 1 is 1.31 bits per heavy atom. The molecule has 1 aliphatic rings. The van der Waals surface area contributed by atoms with E-state index in [1.54, 1.807) is 7.11 Å². The molecule has 0 unspecified atom stereocenters. The van der Waals surface area contributed by atoms with E-state index in [9.17, 15) is 0 Å². The average Bonchev–Trinajstić information content (AvgIpc) is 2.26. The summed E-state index contributed by atoms with van der Waals surface area (Å²) in [6.45, 7) is 1.92. The minimum absolute atomic E-state index is 0.794. The molecule has 0 aromatic heterocycles. The van der Waals surface area contributed by atoms with Gasteiger partial charge >= 0.3 is 0 Å². The second-order valence-corrected chi connectivity index (χ2v) is 4.58. The Kier molecular flexibility index (Phi) is 4.23. The van der Waals surface area contributed by atoms with Gasteiger partial charge < -0.3 is 10.1 Å². The van der Waals surface area contributed by atoms with Crippen LogP contribution in [0.5, 0.6) is 0 Å². The van der Waals surface area contributed by atoms with Crippen LogP contribution in [0, 0.1) is 5.92 Å². The van der Waals surface area contributed by atoms with Gasteiger partial charge in [0.15, 0.2) is 0 Å². The van der Waals surface area contributed by atoms with E-state index in [2.05, 4.69) is 29.6 Å². The predicted molar refractivity (Wildman–Crippen MR) is 67.9 cm³/mol. The van der Waals surface area contributed by atoms with Crippen molar-refractivity contribution in [2.24, 2.45) is 5.92 Å². The zero-order valence-corrected chi connectivity index (χ0v) is 10.0. The lowest BCUT2D eigenvalue weighted by Gasteiger charge is -2.26. The third-order valence-electron chi connectivity index (χ3n) is 3.40.